The van der Waals surface area contributed by atoms with Crippen molar-refractivity contribution >= 4 is 29.1 Å². The quantitative estimate of drug-likeness (QED) is 0.831. The Labute approximate surface area is 138 Å². The highest BCUT2D eigenvalue weighted by Gasteiger charge is 2.13. The van der Waals surface area contributed by atoms with Crippen LogP contribution in [-0.2, 0) is 0 Å². The van der Waals surface area contributed by atoms with Crippen molar-refractivity contribution in [3.05, 3.63) is 11.8 Å². The molecule has 0 unspecified atom stereocenters. The lowest BCUT2D eigenvalue weighted by molar-refractivity contribution is 0.627. The van der Waals surface area contributed by atoms with Crippen molar-refractivity contribution in [3.63, 3.8) is 0 Å². The summed E-state index contributed by atoms with van der Waals surface area (Å²) in [4.78, 5) is 11.4. The topological polar surface area (TPSA) is 53.1 Å². The summed E-state index contributed by atoms with van der Waals surface area (Å²) in [6, 6.07) is 2.06. The van der Waals surface area contributed by atoms with Crippen LogP contribution in [0.5, 0.6) is 0 Å². The summed E-state index contributed by atoms with van der Waals surface area (Å²) in [5, 5.41) is 6.87. The van der Waals surface area contributed by atoms with Gasteiger partial charge in [-0.05, 0) is 37.9 Å². The van der Waals surface area contributed by atoms with Crippen molar-refractivity contribution in [2.24, 2.45) is 5.92 Å². The van der Waals surface area contributed by atoms with E-state index < -0.39 is 0 Å². The molecule has 5 nitrogen and oxygen atoms in total. The maximum Gasteiger partial charge on any atom is 0.231 e. The van der Waals surface area contributed by atoms with Crippen LogP contribution in [0.3, 0.4) is 0 Å². The number of hydrogen-bond donors (Lipinski definition) is 2. The molecule has 2 N–H and O–H groups in total. The molecule has 1 saturated heterocycles. The van der Waals surface area contributed by atoms with E-state index in [2.05, 4.69) is 45.4 Å². The average molecular weight is 321 g/mol. The molecule has 6 heteroatoms. The van der Waals surface area contributed by atoms with E-state index in [9.17, 15) is 0 Å². The fourth-order valence-electron chi connectivity index (χ4n) is 2.51. The number of rotatable bonds is 4. The number of nitrogens with zero attached hydrogens (tertiary/aromatic N) is 3. The number of hydrogen-bond acceptors (Lipinski definition) is 4. The fourth-order valence-corrected chi connectivity index (χ4v) is 2.69. The Kier molecular flexibility index (Phi) is 6.36. The SMILES string of the molecule is Cc1cc(N2CCCCCC2)nc(NC(=S)NCC(C)C)n1. The Morgan fingerprint density at radius 3 is 2.55 bits per heavy atom. The maximum absolute atomic E-state index is 5.30. The van der Waals surface area contributed by atoms with E-state index in [0.29, 0.717) is 17.0 Å². The second-order valence-electron chi connectivity index (χ2n) is 6.32. The third-order valence-electron chi connectivity index (χ3n) is 3.67. The summed E-state index contributed by atoms with van der Waals surface area (Å²) in [6.45, 7) is 9.29. The molecule has 0 amide bonds. The molecule has 1 aliphatic heterocycles. The summed E-state index contributed by atoms with van der Waals surface area (Å²) in [6.07, 6.45) is 5.10. The first kappa shape index (κ1) is 16.9. The Bertz CT molecular complexity index is 495. The zero-order chi connectivity index (χ0) is 15.9. The minimum atomic E-state index is 0.547. The van der Waals surface area contributed by atoms with E-state index >= 15 is 0 Å². The van der Waals surface area contributed by atoms with Gasteiger partial charge in [0.05, 0.1) is 0 Å². The van der Waals surface area contributed by atoms with Gasteiger partial charge in [0.15, 0.2) is 5.11 Å². The Hall–Kier alpha value is -1.43. The van der Waals surface area contributed by atoms with Crippen LogP contribution in [0.15, 0.2) is 6.07 Å². The van der Waals surface area contributed by atoms with Gasteiger partial charge >= 0.3 is 0 Å². The van der Waals surface area contributed by atoms with Gasteiger partial charge in [0.25, 0.3) is 0 Å². The number of aromatic nitrogens is 2. The fraction of sp³-hybridized carbons (Fsp3) is 0.688. The molecular formula is C16H27N5S. The molecule has 1 fully saturated rings. The molecule has 0 aliphatic carbocycles. The molecule has 22 heavy (non-hydrogen) atoms. The summed E-state index contributed by atoms with van der Waals surface area (Å²) in [5.74, 6) is 2.13. The molecule has 0 spiro atoms. The standard InChI is InChI=1S/C16H27N5S/c1-12(2)11-17-16(22)20-15-18-13(3)10-14(19-15)21-8-6-4-5-7-9-21/h10,12H,4-9,11H2,1-3H3,(H2,17,18,19,20,22). The van der Waals surface area contributed by atoms with Gasteiger partial charge in [-0.15, -0.1) is 0 Å². The van der Waals surface area contributed by atoms with E-state index in [0.717, 1.165) is 31.1 Å². The second-order valence-corrected chi connectivity index (χ2v) is 6.73. The average Bonchev–Trinajstić information content (AvgIpc) is 2.73. The molecular weight excluding hydrogens is 294 g/mol. The minimum Gasteiger partial charge on any atom is -0.362 e. The molecule has 0 radical (unpaired) electrons. The van der Waals surface area contributed by atoms with Crippen LogP contribution in [0.4, 0.5) is 11.8 Å². The number of nitrogens with one attached hydrogen (secondary N) is 2. The molecule has 0 atom stereocenters. The summed E-state index contributed by atoms with van der Waals surface area (Å²) >= 11 is 5.30. The lowest BCUT2D eigenvalue weighted by Gasteiger charge is -2.22. The van der Waals surface area contributed by atoms with Crippen LogP contribution in [0, 0.1) is 12.8 Å². The predicted molar refractivity (Wildman–Crippen MR) is 96.5 cm³/mol. The Morgan fingerprint density at radius 2 is 1.91 bits per heavy atom. The highest BCUT2D eigenvalue weighted by atomic mass is 32.1. The lowest BCUT2D eigenvalue weighted by atomic mass is 10.2. The summed E-state index contributed by atoms with van der Waals surface area (Å²) in [7, 11) is 0. The highest BCUT2D eigenvalue weighted by molar-refractivity contribution is 7.80. The Morgan fingerprint density at radius 1 is 1.23 bits per heavy atom. The zero-order valence-electron chi connectivity index (χ0n) is 13.9. The smallest absolute Gasteiger partial charge is 0.231 e. The van der Waals surface area contributed by atoms with Gasteiger partial charge in [0.1, 0.15) is 5.82 Å². The van der Waals surface area contributed by atoms with Gasteiger partial charge in [0.2, 0.25) is 5.95 Å². The molecule has 0 bridgehead atoms. The van der Waals surface area contributed by atoms with Crippen molar-refractivity contribution in [1.82, 2.24) is 15.3 Å². The van der Waals surface area contributed by atoms with Gasteiger partial charge in [-0.25, -0.2) is 4.98 Å². The molecule has 1 aliphatic rings. The predicted octanol–water partition coefficient (Wildman–Crippen LogP) is 3.11. The van der Waals surface area contributed by atoms with Crippen LogP contribution in [-0.4, -0.2) is 34.7 Å². The van der Waals surface area contributed by atoms with Crippen LogP contribution in [0.1, 0.15) is 45.2 Å². The Balaban J connectivity index is 2.04. The van der Waals surface area contributed by atoms with Gasteiger partial charge in [-0.3, -0.25) is 0 Å². The lowest BCUT2D eigenvalue weighted by Crippen LogP contribution is -2.32. The van der Waals surface area contributed by atoms with Crippen LogP contribution >= 0.6 is 12.2 Å². The molecule has 2 rings (SSSR count). The van der Waals surface area contributed by atoms with Crippen LogP contribution < -0.4 is 15.5 Å². The first-order valence-corrected chi connectivity index (χ1v) is 8.61. The van der Waals surface area contributed by atoms with Crippen molar-refractivity contribution in [2.45, 2.75) is 46.5 Å². The molecule has 1 aromatic heterocycles. The van der Waals surface area contributed by atoms with E-state index in [-0.39, 0.29) is 0 Å². The monoisotopic (exact) mass is 321 g/mol. The summed E-state index contributed by atoms with van der Waals surface area (Å²) in [5.41, 5.74) is 0.961. The zero-order valence-corrected chi connectivity index (χ0v) is 14.7. The maximum atomic E-state index is 5.30. The highest BCUT2D eigenvalue weighted by Crippen LogP contribution is 2.19. The van der Waals surface area contributed by atoms with Crippen LogP contribution in [0.2, 0.25) is 0 Å². The van der Waals surface area contributed by atoms with E-state index in [1.807, 2.05) is 6.92 Å². The molecule has 122 valence electrons. The van der Waals surface area contributed by atoms with E-state index in [1.165, 1.54) is 25.7 Å². The van der Waals surface area contributed by atoms with E-state index in [4.69, 9.17) is 12.2 Å². The first-order chi connectivity index (χ1) is 10.5. The van der Waals surface area contributed by atoms with Gasteiger partial charge < -0.3 is 15.5 Å². The van der Waals surface area contributed by atoms with Crippen molar-refractivity contribution in [2.75, 3.05) is 29.9 Å². The van der Waals surface area contributed by atoms with Gasteiger partial charge in [0, 0.05) is 31.4 Å². The van der Waals surface area contributed by atoms with Crippen molar-refractivity contribution in [1.29, 1.82) is 0 Å². The largest absolute Gasteiger partial charge is 0.362 e. The van der Waals surface area contributed by atoms with Crippen molar-refractivity contribution in [3.8, 4) is 0 Å². The van der Waals surface area contributed by atoms with Crippen molar-refractivity contribution < 1.29 is 0 Å². The molecule has 0 saturated carbocycles. The third-order valence-corrected chi connectivity index (χ3v) is 3.91. The first-order valence-electron chi connectivity index (χ1n) is 8.20. The molecule has 1 aromatic rings. The molecule has 0 aromatic carbocycles. The van der Waals surface area contributed by atoms with Gasteiger partial charge in [-0.2, -0.15) is 4.98 Å². The molecule has 2 heterocycles. The van der Waals surface area contributed by atoms with Gasteiger partial charge in [-0.1, -0.05) is 26.7 Å². The number of aryl methyl sites for hydroxylation is 1. The summed E-state index contributed by atoms with van der Waals surface area (Å²) < 4.78 is 0. The second kappa shape index (κ2) is 8.27. The van der Waals surface area contributed by atoms with E-state index in [1.54, 1.807) is 0 Å². The normalized spacial score (nSPS) is 15.5. The van der Waals surface area contributed by atoms with Crippen LogP contribution in [0.25, 0.3) is 0 Å². The number of thiocarbonyl (C=S) groups is 1. The minimum absolute atomic E-state index is 0.547. The third kappa shape index (κ3) is 5.40. The number of anilines is 2.